The van der Waals surface area contributed by atoms with E-state index in [4.69, 9.17) is 0 Å². The molecule has 1 heteroatoms. The molecule has 0 spiro atoms. The highest BCUT2D eigenvalue weighted by atomic mass is 14.9. The van der Waals surface area contributed by atoms with Gasteiger partial charge in [-0.3, -0.25) is 0 Å². The standard InChI is InChI=1S/C16H23N/c1-4-14-7-8-16-15(12-14)9-11-17(16)10-5-6-13(2)3/h7-9,11-13H,4-6,10H2,1-3H3. The Hall–Kier alpha value is -1.24. The summed E-state index contributed by atoms with van der Waals surface area (Å²) in [6.07, 6.45) is 5.93. The minimum Gasteiger partial charge on any atom is -0.347 e. The van der Waals surface area contributed by atoms with Crippen molar-refractivity contribution in [2.75, 3.05) is 0 Å². The second kappa shape index (κ2) is 5.39. The van der Waals surface area contributed by atoms with Gasteiger partial charge in [0.25, 0.3) is 0 Å². The van der Waals surface area contributed by atoms with Gasteiger partial charge in [0.05, 0.1) is 0 Å². The largest absolute Gasteiger partial charge is 0.347 e. The van der Waals surface area contributed by atoms with Crippen LogP contribution in [0.3, 0.4) is 0 Å². The van der Waals surface area contributed by atoms with Crippen LogP contribution in [0.15, 0.2) is 30.5 Å². The molecular formula is C16H23N. The predicted molar refractivity (Wildman–Crippen MR) is 75.4 cm³/mol. The zero-order valence-corrected chi connectivity index (χ0v) is 11.2. The Morgan fingerprint density at radius 2 is 2.00 bits per heavy atom. The average molecular weight is 229 g/mol. The van der Waals surface area contributed by atoms with E-state index in [2.05, 4.69) is 55.8 Å². The molecule has 0 aliphatic heterocycles. The normalized spacial score (nSPS) is 11.5. The van der Waals surface area contributed by atoms with E-state index in [9.17, 15) is 0 Å². The molecule has 0 bridgehead atoms. The van der Waals surface area contributed by atoms with Crippen molar-refractivity contribution in [3.8, 4) is 0 Å². The molecule has 92 valence electrons. The fourth-order valence-corrected chi connectivity index (χ4v) is 2.33. The maximum absolute atomic E-state index is 2.39. The lowest BCUT2D eigenvalue weighted by atomic mass is 10.1. The molecule has 2 aromatic rings. The summed E-state index contributed by atoms with van der Waals surface area (Å²) >= 11 is 0. The first-order valence-corrected chi connectivity index (χ1v) is 6.78. The lowest BCUT2D eigenvalue weighted by Gasteiger charge is -2.07. The van der Waals surface area contributed by atoms with E-state index in [-0.39, 0.29) is 0 Å². The molecule has 0 saturated carbocycles. The summed E-state index contributed by atoms with van der Waals surface area (Å²) in [5.41, 5.74) is 2.81. The zero-order chi connectivity index (χ0) is 12.3. The molecule has 1 aromatic carbocycles. The van der Waals surface area contributed by atoms with Gasteiger partial charge in [-0.15, -0.1) is 0 Å². The van der Waals surface area contributed by atoms with Crippen LogP contribution in [0.4, 0.5) is 0 Å². The third-order valence-electron chi connectivity index (χ3n) is 3.42. The van der Waals surface area contributed by atoms with Gasteiger partial charge in [0, 0.05) is 18.3 Å². The van der Waals surface area contributed by atoms with Gasteiger partial charge >= 0.3 is 0 Å². The van der Waals surface area contributed by atoms with Crippen LogP contribution in [-0.4, -0.2) is 4.57 Å². The van der Waals surface area contributed by atoms with Crippen LogP contribution in [0, 0.1) is 5.92 Å². The van der Waals surface area contributed by atoms with E-state index >= 15 is 0 Å². The van der Waals surface area contributed by atoms with E-state index in [1.165, 1.54) is 29.3 Å². The van der Waals surface area contributed by atoms with Crippen molar-refractivity contribution >= 4 is 10.9 Å². The Balaban J connectivity index is 2.13. The number of nitrogens with zero attached hydrogens (tertiary/aromatic N) is 1. The molecule has 0 atom stereocenters. The smallest absolute Gasteiger partial charge is 0.0480 e. The van der Waals surface area contributed by atoms with E-state index < -0.39 is 0 Å². The summed E-state index contributed by atoms with van der Waals surface area (Å²) in [5.74, 6) is 0.809. The third kappa shape index (κ3) is 2.91. The molecule has 0 amide bonds. The van der Waals surface area contributed by atoms with Gasteiger partial charge in [-0.05, 0) is 54.3 Å². The maximum Gasteiger partial charge on any atom is 0.0480 e. The number of aryl methyl sites for hydroxylation is 2. The highest BCUT2D eigenvalue weighted by molar-refractivity contribution is 5.80. The quantitative estimate of drug-likeness (QED) is 0.704. The molecular weight excluding hydrogens is 206 g/mol. The Morgan fingerprint density at radius 3 is 2.71 bits per heavy atom. The number of aromatic nitrogens is 1. The second-order valence-corrected chi connectivity index (χ2v) is 5.29. The van der Waals surface area contributed by atoms with Gasteiger partial charge in [-0.25, -0.2) is 0 Å². The van der Waals surface area contributed by atoms with Crippen LogP contribution in [0.2, 0.25) is 0 Å². The van der Waals surface area contributed by atoms with Crippen LogP contribution >= 0.6 is 0 Å². The van der Waals surface area contributed by atoms with Crippen molar-refractivity contribution in [1.82, 2.24) is 4.57 Å². The molecule has 1 aromatic heterocycles. The van der Waals surface area contributed by atoms with Crippen molar-refractivity contribution in [2.24, 2.45) is 5.92 Å². The zero-order valence-electron chi connectivity index (χ0n) is 11.2. The number of fused-ring (bicyclic) bond motifs is 1. The molecule has 17 heavy (non-hydrogen) atoms. The number of hydrogen-bond donors (Lipinski definition) is 0. The average Bonchev–Trinajstić information content (AvgIpc) is 2.71. The first-order chi connectivity index (χ1) is 8.20. The van der Waals surface area contributed by atoms with E-state index in [0.29, 0.717) is 0 Å². The van der Waals surface area contributed by atoms with Gasteiger partial charge in [0.2, 0.25) is 0 Å². The lowest BCUT2D eigenvalue weighted by molar-refractivity contribution is 0.518. The summed E-state index contributed by atoms with van der Waals surface area (Å²) in [7, 11) is 0. The number of benzene rings is 1. The molecule has 1 heterocycles. The summed E-state index contributed by atoms with van der Waals surface area (Å²) in [4.78, 5) is 0. The fourth-order valence-electron chi connectivity index (χ4n) is 2.33. The first kappa shape index (κ1) is 12.2. The molecule has 0 N–H and O–H groups in total. The molecule has 0 radical (unpaired) electrons. The minimum absolute atomic E-state index is 0.809. The van der Waals surface area contributed by atoms with Crippen LogP contribution in [0.1, 0.15) is 39.2 Å². The highest BCUT2D eigenvalue weighted by Gasteiger charge is 2.02. The van der Waals surface area contributed by atoms with Crippen molar-refractivity contribution < 1.29 is 0 Å². The minimum atomic E-state index is 0.809. The lowest BCUT2D eigenvalue weighted by Crippen LogP contribution is -1.98. The monoisotopic (exact) mass is 229 g/mol. The molecule has 0 fully saturated rings. The predicted octanol–water partition coefficient (Wildman–Crippen LogP) is 4.64. The first-order valence-electron chi connectivity index (χ1n) is 6.78. The Bertz CT molecular complexity index is 479. The number of hydrogen-bond acceptors (Lipinski definition) is 0. The Kier molecular flexibility index (Phi) is 3.88. The summed E-state index contributed by atoms with van der Waals surface area (Å²) in [6.45, 7) is 7.94. The van der Waals surface area contributed by atoms with Crippen molar-refractivity contribution in [3.05, 3.63) is 36.0 Å². The van der Waals surface area contributed by atoms with Crippen molar-refractivity contribution in [2.45, 2.75) is 46.6 Å². The topological polar surface area (TPSA) is 4.93 Å². The molecule has 0 aliphatic carbocycles. The molecule has 0 unspecified atom stereocenters. The van der Waals surface area contributed by atoms with Crippen LogP contribution in [0.5, 0.6) is 0 Å². The van der Waals surface area contributed by atoms with Crippen LogP contribution in [0.25, 0.3) is 10.9 Å². The van der Waals surface area contributed by atoms with E-state index in [1.54, 1.807) is 0 Å². The summed E-state index contributed by atoms with van der Waals surface area (Å²) in [5, 5.41) is 1.38. The molecule has 0 aliphatic rings. The van der Waals surface area contributed by atoms with Crippen molar-refractivity contribution in [1.29, 1.82) is 0 Å². The Labute approximate surface area is 104 Å². The van der Waals surface area contributed by atoms with E-state index in [1.807, 2.05) is 0 Å². The number of rotatable bonds is 5. The highest BCUT2D eigenvalue weighted by Crippen LogP contribution is 2.19. The van der Waals surface area contributed by atoms with E-state index in [0.717, 1.165) is 18.9 Å². The SMILES string of the molecule is CCc1ccc2c(ccn2CCCC(C)C)c1. The fraction of sp³-hybridized carbons (Fsp3) is 0.500. The van der Waals surface area contributed by atoms with Crippen molar-refractivity contribution in [3.63, 3.8) is 0 Å². The summed E-state index contributed by atoms with van der Waals surface area (Å²) in [6, 6.07) is 9.07. The van der Waals surface area contributed by atoms with Crippen LogP contribution in [-0.2, 0) is 13.0 Å². The van der Waals surface area contributed by atoms with Gasteiger partial charge in [0.15, 0.2) is 0 Å². The molecule has 0 saturated heterocycles. The Morgan fingerprint density at radius 1 is 1.18 bits per heavy atom. The maximum atomic E-state index is 2.39. The third-order valence-corrected chi connectivity index (χ3v) is 3.42. The molecule has 2 rings (SSSR count). The van der Waals surface area contributed by atoms with Gasteiger partial charge in [0.1, 0.15) is 0 Å². The van der Waals surface area contributed by atoms with Gasteiger partial charge < -0.3 is 4.57 Å². The molecule has 1 nitrogen and oxygen atoms in total. The summed E-state index contributed by atoms with van der Waals surface area (Å²) < 4.78 is 2.39. The second-order valence-electron chi connectivity index (χ2n) is 5.29. The van der Waals surface area contributed by atoms with Gasteiger partial charge in [-0.1, -0.05) is 26.8 Å². The van der Waals surface area contributed by atoms with Crippen LogP contribution < -0.4 is 0 Å². The van der Waals surface area contributed by atoms with Gasteiger partial charge in [-0.2, -0.15) is 0 Å².